The Morgan fingerprint density at radius 1 is 1.18 bits per heavy atom. The molecule has 28 heavy (non-hydrogen) atoms. The number of amides is 2. The van der Waals surface area contributed by atoms with Crippen molar-refractivity contribution in [2.24, 2.45) is 0 Å². The van der Waals surface area contributed by atoms with Gasteiger partial charge in [0, 0.05) is 25.3 Å². The van der Waals surface area contributed by atoms with E-state index in [9.17, 15) is 9.59 Å². The fraction of sp³-hybridized carbons (Fsp3) is 0.364. The molecule has 1 atom stereocenters. The largest absolute Gasteiger partial charge is 0.484 e. The number of ether oxygens (including phenoxy) is 2. The summed E-state index contributed by atoms with van der Waals surface area (Å²) in [6, 6.07) is 15.5. The van der Waals surface area contributed by atoms with Gasteiger partial charge in [-0.05, 0) is 49.1 Å². The van der Waals surface area contributed by atoms with Gasteiger partial charge in [0.1, 0.15) is 5.75 Å². The highest BCUT2D eigenvalue weighted by molar-refractivity contribution is 5.94. The SMILES string of the molecule is CC(OCCCNC(=O)COc1ccc2c(c1)CCC(=O)N2)c1ccccc1. The number of fused-ring (bicyclic) bond motifs is 1. The van der Waals surface area contributed by atoms with Crippen LogP contribution in [-0.4, -0.2) is 31.6 Å². The average molecular weight is 382 g/mol. The van der Waals surface area contributed by atoms with Crippen LogP contribution in [-0.2, 0) is 20.7 Å². The molecule has 2 aromatic rings. The molecule has 0 fully saturated rings. The van der Waals surface area contributed by atoms with Crippen LogP contribution >= 0.6 is 0 Å². The average Bonchev–Trinajstić information content (AvgIpc) is 2.72. The predicted molar refractivity (Wildman–Crippen MR) is 107 cm³/mol. The van der Waals surface area contributed by atoms with Crippen LogP contribution < -0.4 is 15.4 Å². The monoisotopic (exact) mass is 382 g/mol. The van der Waals surface area contributed by atoms with Gasteiger partial charge in [0.2, 0.25) is 5.91 Å². The van der Waals surface area contributed by atoms with Gasteiger partial charge in [-0.15, -0.1) is 0 Å². The van der Waals surface area contributed by atoms with E-state index < -0.39 is 0 Å². The molecule has 1 heterocycles. The van der Waals surface area contributed by atoms with Crippen molar-refractivity contribution in [2.75, 3.05) is 25.1 Å². The highest BCUT2D eigenvalue weighted by Crippen LogP contribution is 2.26. The number of anilines is 1. The molecule has 0 radical (unpaired) electrons. The number of hydrogen-bond acceptors (Lipinski definition) is 4. The first-order chi connectivity index (χ1) is 13.6. The zero-order valence-corrected chi connectivity index (χ0v) is 16.1. The molecule has 148 valence electrons. The van der Waals surface area contributed by atoms with E-state index in [0.717, 1.165) is 23.2 Å². The van der Waals surface area contributed by atoms with E-state index in [1.807, 2.05) is 49.4 Å². The van der Waals surface area contributed by atoms with Crippen LogP contribution in [0.2, 0.25) is 0 Å². The number of nitrogens with one attached hydrogen (secondary N) is 2. The van der Waals surface area contributed by atoms with Gasteiger partial charge in [0.25, 0.3) is 5.91 Å². The number of carbonyl (C=O) groups is 2. The van der Waals surface area contributed by atoms with Crippen molar-refractivity contribution >= 4 is 17.5 Å². The lowest BCUT2D eigenvalue weighted by molar-refractivity contribution is -0.123. The van der Waals surface area contributed by atoms with E-state index in [4.69, 9.17) is 9.47 Å². The molecule has 3 rings (SSSR count). The van der Waals surface area contributed by atoms with Crippen LogP contribution in [0.3, 0.4) is 0 Å². The highest BCUT2D eigenvalue weighted by Gasteiger charge is 2.15. The number of rotatable bonds is 9. The smallest absolute Gasteiger partial charge is 0.257 e. The molecule has 0 aliphatic carbocycles. The molecule has 0 bridgehead atoms. The third kappa shape index (κ3) is 5.82. The van der Waals surface area contributed by atoms with Gasteiger partial charge >= 0.3 is 0 Å². The van der Waals surface area contributed by atoms with Gasteiger partial charge in [0.05, 0.1) is 6.10 Å². The molecule has 0 saturated carbocycles. The molecular formula is C22H26N2O4. The molecule has 2 aromatic carbocycles. The predicted octanol–water partition coefficient (Wildman–Crippen LogP) is 3.23. The van der Waals surface area contributed by atoms with Gasteiger partial charge < -0.3 is 20.1 Å². The zero-order chi connectivity index (χ0) is 19.8. The van der Waals surface area contributed by atoms with Crippen molar-refractivity contribution in [3.8, 4) is 5.75 Å². The summed E-state index contributed by atoms with van der Waals surface area (Å²) in [6.07, 6.45) is 1.93. The van der Waals surface area contributed by atoms with E-state index in [1.165, 1.54) is 0 Å². The molecule has 2 amide bonds. The molecule has 2 N–H and O–H groups in total. The van der Waals surface area contributed by atoms with Gasteiger partial charge in [-0.25, -0.2) is 0 Å². The van der Waals surface area contributed by atoms with Gasteiger partial charge in [-0.3, -0.25) is 9.59 Å². The maximum Gasteiger partial charge on any atom is 0.257 e. The van der Waals surface area contributed by atoms with Gasteiger partial charge in [-0.1, -0.05) is 30.3 Å². The van der Waals surface area contributed by atoms with E-state index in [0.29, 0.717) is 31.7 Å². The molecule has 0 saturated heterocycles. The Kier molecular flexibility index (Phi) is 7.03. The quantitative estimate of drug-likeness (QED) is 0.653. The van der Waals surface area contributed by atoms with Crippen molar-refractivity contribution in [1.29, 1.82) is 0 Å². The first-order valence-electron chi connectivity index (χ1n) is 9.60. The maximum absolute atomic E-state index is 11.9. The molecule has 6 heteroatoms. The van der Waals surface area contributed by atoms with Crippen molar-refractivity contribution in [3.05, 3.63) is 59.7 Å². The fourth-order valence-corrected chi connectivity index (χ4v) is 3.03. The normalized spacial score (nSPS) is 14.0. The zero-order valence-electron chi connectivity index (χ0n) is 16.1. The minimum absolute atomic E-state index is 0.0303. The minimum atomic E-state index is -0.165. The second-order valence-corrected chi connectivity index (χ2v) is 6.78. The number of hydrogen-bond donors (Lipinski definition) is 2. The van der Waals surface area contributed by atoms with E-state index in [-0.39, 0.29) is 24.5 Å². The standard InChI is InChI=1S/C22H26N2O4/c1-16(17-6-3-2-4-7-17)27-13-5-12-23-22(26)15-28-19-9-10-20-18(14-19)8-11-21(25)24-20/h2-4,6-7,9-10,14,16H,5,8,11-13,15H2,1H3,(H,23,26)(H,24,25). The fourth-order valence-electron chi connectivity index (χ4n) is 3.03. The third-order valence-corrected chi connectivity index (χ3v) is 4.62. The summed E-state index contributed by atoms with van der Waals surface area (Å²) in [5.74, 6) is 0.495. The van der Waals surface area contributed by atoms with Crippen molar-refractivity contribution in [2.45, 2.75) is 32.3 Å². The van der Waals surface area contributed by atoms with Gasteiger partial charge in [-0.2, -0.15) is 0 Å². The summed E-state index contributed by atoms with van der Waals surface area (Å²) in [5.41, 5.74) is 2.99. The lowest BCUT2D eigenvalue weighted by Gasteiger charge is -2.17. The van der Waals surface area contributed by atoms with Gasteiger partial charge in [0.15, 0.2) is 6.61 Å². The summed E-state index contributed by atoms with van der Waals surface area (Å²) < 4.78 is 11.3. The molecular weight excluding hydrogens is 356 g/mol. The molecule has 0 spiro atoms. The molecule has 1 aliphatic rings. The lowest BCUT2D eigenvalue weighted by atomic mass is 10.0. The van der Waals surface area contributed by atoms with Crippen molar-refractivity contribution < 1.29 is 19.1 Å². The lowest BCUT2D eigenvalue weighted by Crippen LogP contribution is -2.30. The third-order valence-electron chi connectivity index (χ3n) is 4.62. The topological polar surface area (TPSA) is 76.7 Å². The Bertz CT molecular complexity index is 807. The number of aryl methyl sites for hydroxylation is 1. The maximum atomic E-state index is 11.9. The summed E-state index contributed by atoms with van der Waals surface area (Å²) >= 11 is 0. The first kappa shape index (κ1) is 19.9. The Balaban J connectivity index is 1.31. The van der Waals surface area contributed by atoms with Crippen LogP contribution in [0.1, 0.15) is 37.0 Å². The molecule has 6 nitrogen and oxygen atoms in total. The number of benzene rings is 2. The first-order valence-corrected chi connectivity index (χ1v) is 9.60. The minimum Gasteiger partial charge on any atom is -0.484 e. The van der Waals surface area contributed by atoms with Crippen molar-refractivity contribution in [1.82, 2.24) is 5.32 Å². The second kappa shape index (κ2) is 9.90. The van der Waals surface area contributed by atoms with Crippen LogP contribution in [0.4, 0.5) is 5.69 Å². The summed E-state index contributed by atoms with van der Waals surface area (Å²) in [4.78, 5) is 23.3. The van der Waals surface area contributed by atoms with Crippen LogP contribution in [0.5, 0.6) is 5.75 Å². The van der Waals surface area contributed by atoms with E-state index in [1.54, 1.807) is 6.07 Å². The van der Waals surface area contributed by atoms with E-state index >= 15 is 0 Å². The Morgan fingerprint density at radius 2 is 2.00 bits per heavy atom. The second-order valence-electron chi connectivity index (χ2n) is 6.78. The number of carbonyl (C=O) groups excluding carboxylic acids is 2. The van der Waals surface area contributed by atoms with Crippen molar-refractivity contribution in [3.63, 3.8) is 0 Å². The van der Waals surface area contributed by atoms with Crippen LogP contribution in [0.25, 0.3) is 0 Å². The summed E-state index contributed by atoms with van der Waals surface area (Å²) in [5, 5.41) is 5.66. The Labute approximate surface area is 165 Å². The van der Waals surface area contributed by atoms with E-state index in [2.05, 4.69) is 10.6 Å². The molecule has 1 unspecified atom stereocenters. The molecule has 1 aliphatic heterocycles. The Hall–Kier alpha value is -2.86. The van der Waals surface area contributed by atoms with Crippen LogP contribution in [0.15, 0.2) is 48.5 Å². The summed E-state index contributed by atoms with van der Waals surface area (Å²) in [7, 11) is 0. The van der Waals surface area contributed by atoms with Crippen LogP contribution in [0, 0.1) is 0 Å². The molecule has 0 aromatic heterocycles. The highest BCUT2D eigenvalue weighted by atomic mass is 16.5. The summed E-state index contributed by atoms with van der Waals surface area (Å²) in [6.45, 7) is 3.10. The Morgan fingerprint density at radius 3 is 2.82 bits per heavy atom.